The summed E-state index contributed by atoms with van der Waals surface area (Å²) in [6.07, 6.45) is 5.26. The molecule has 0 spiro atoms. The Bertz CT molecular complexity index is 946. The average molecular weight is 356 g/mol. The van der Waals surface area contributed by atoms with Gasteiger partial charge in [0.2, 0.25) is 5.91 Å². The molecule has 0 saturated heterocycles. The summed E-state index contributed by atoms with van der Waals surface area (Å²) in [5.74, 6) is 2.17. The maximum Gasteiger partial charge on any atom is 0.269 e. The maximum absolute atomic E-state index is 12.5. The van der Waals surface area contributed by atoms with E-state index in [1.165, 1.54) is 23.9 Å². The minimum absolute atomic E-state index is 0.0581. The molecule has 126 valence electrons. The fraction of sp³-hybridized carbons (Fsp3) is 0.188. The molecule has 2 N–H and O–H groups in total. The van der Waals surface area contributed by atoms with Crippen LogP contribution >= 0.6 is 11.8 Å². The fourth-order valence-electron chi connectivity index (χ4n) is 2.64. The van der Waals surface area contributed by atoms with Gasteiger partial charge in [0, 0.05) is 24.5 Å². The van der Waals surface area contributed by atoms with Gasteiger partial charge < -0.3 is 10.3 Å². The Balaban J connectivity index is 2.04. The van der Waals surface area contributed by atoms with Crippen molar-refractivity contribution in [2.75, 3.05) is 11.1 Å². The first-order valence-electron chi connectivity index (χ1n) is 7.24. The zero-order valence-corrected chi connectivity index (χ0v) is 13.6. The molecular weight excluding hydrogens is 344 g/mol. The minimum atomic E-state index is -0.521. The molecule has 0 fully saturated rings. The third kappa shape index (κ3) is 3.39. The number of carbonyl (C=O) groups is 1. The monoisotopic (exact) mass is 356 g/mol. The number of aromatic amines is 1. The van der Waals surface area contributed by atoms with Crippen molar-refractivity contribution in [1.82, 2.24) is 9.97 Å². The van der Waals surface area contributed by atoms with Gasteiger partial charge in [-0.2, -0.15) is 0 Å². The largest absolute Gasteiger partial charge is 0.310 e. The molecule has 2 heterocycles. The van der Waals surface area contributed by atoms with Crippen molar-refractivity contribution in [3.05, 3.63) is 55.9 Å². The van der Waals surface area contributed by atoms with Gasteiger partial charge in [-0.15, -0.1) is 6.42 Å². The van der Waals surface area contributed by atoms with Crippen molar-refractivity contribution in [2.45, 2.75) is 17.5 Å². The number of nitrogens with one attached hydrogen (secondary N) is 2. The minimum Gasteiger partial charge on any atom is -0.310 e. The molecule has 0 aliphatic carbocycles. The standard InChI is InChI=1S/C16H12N4O4S/c1-2-7-25-16-18-14-13(15(22)19-16)11(8-12(21)17-14)9-3-5-10(6-4-9)20(23)24/h1,3-6,11H,7-8H2,(H2,17,18,19,21,22). The smallest absolute Gasteiger partial charge is 0.269 e. The summed E-state index contributed by atoms with van der Waals surface area (Å²) in [6.45, 7) is 0. The summed E-state index contributed by atoms with van der Waals surface area (Å²) in [5, 5.41) is 13.7. The van der Waals surface area contributed by atoms with Crippen molar-refractivity contribution in [3.63, 3.8) is 0 Å². The van der Waals surface area contributed by atoms with E-state index >= 15 is 0 Å². The number of thioether (sulfide) groups is 1. The first-order chi connectivity index (χ1) is 12.0. The molecule has 1 unspecified atom stereocenters. The number of benzene rings is 1. The second-order valence-electron chi connectivity index (χ2n) is 5.28. The number of hydrogen-bond donors (Lipinski definition) is 2. The van der Waals surface area contributed by atoms with E-state index in [0.29, 0.717) is 22.0 Å². The predicted molar refractivity (Wildman–Crippen MR) is 92.6 cm³/mol. The highest BCUT2D eigenvalue weighted by molar-refractivity contribution is 7.99. The number of non-ortho nitro benzene ring substituents is 1. The van der Waals surface area contributed by atoms with E-state index in [1.54, 1.807) is 12.1 Å². The molecular formula is C16H12N4O4S. The normalized spacial score (nSPS) is 15.8. The van der Waals surface area contributed by atoms with E-state index in [2.05, 4.69) is 21.2 Å². The molecule has 1 atom stereocenters. The molecule has 9 heteroatoms. The van der Waals surface area contributed by atoms with Gasteiger partial charge in [-0.1, -0.05) is 29.8 Å². The molecule has 0 radical (unpaired) electrons. The van der Waals surface area contributed by atoms with Crippen molar-refractivity contribution in [3.8, 4) is 12.3 Å². The third-order valence-corrected chi connectivity index (χ3v) is 4.51. The van der Waals surface area contributed by atoms with Gasteiger partial charge in [-0.25, -0.2) is 4.98 Å². The number of hydrogen-bond acceptors (Lipinski definition) is 6. The molecule has 0 saturated carbocycles. The van der Waals surface area contributed by atoms with Crippen LogP contribution in [0.25, 0.3) is 0 Å². The summed E-state index contributed by atoms with van der Waals surface area (Å²) >= 11 is 1.18. The Labute approximate surface area is 146 Å². The van der Waals surface area contributed by atoms with Crippen molar-refractivity contribution >= 4 is 29.2 Å². The molecule has 1 aliphatic rings. The van der Waals surface area contributed by atoms with Crippen LogP contribution < -0.4 is 10.9 Å². The second-order valence-corrected chi connectivity index (χ2v) is 6.24. The lowest BCUT2D eigenvalue weighted by atomic mass is 9.87. The van der Waals surface area contributed by atoms with Crippen LogP contribution in [0.4, 0.5) is 11.5 Å². The molecule has 1 aromatic carbocycles. The van der Waals surface area contributed by atoms with Crippen molar-refractivity contribution in [2.24, 2.45) is 0 Å². The van der Waals surface area contributed by atoms with Crippen molar-refractivity contribution < 1.29 is 9.72 Å². The van der Waals surface area contributed by atoms with Crippen LogP contribution in [0.2, 0.25) is 0 Å². The van der Waals surface area contributed by atoms with Crippen LogP contribution in [0.15, 0.2) is 34.2 Å². The summed E-state index contributed by atoms with van der Waals surface area (Å²) in [4.78, 5) is 41.7. The highest BCUT2D eigenvalue weighted by Gasteiger charge is 2.31. The summed E-state index contributed by atoms with van der Waals surface area (Å²) in [5.41, 5.74) is 0.543. The number of amides is 1. The fourth-order valence-corrected chi connectivity index (χ4v) is 3.18. The number of carbonyl (C=O) groups excluding carboxylic acids is 1. The Morgan fingerprint density at radius 1 is 1.36 bits per heavy atom. The number of nitro groups is 1. The average Bonchev–Trinajstić information content (AvgIpc) is 2.59. The number of terminal acetylenes is 1. The van der Waals surface area contributed by atoms with E-state index in [1.807, 2.05) is 0 Å². The van der Waals surface area contributed by atoms with Gasteiger partial charge in [-0.3, -0.25) is 19.7 Å². The number of H-pyrrole nitrogens is 1. The van der Waals surface area contributed by atoms with Crippen molar-refractivity contribution in [1.29, 1.82) is 0 Å². The van der Waals surface area contributed by atoms with Crippen LogP contribution in [0.3, 0.4) is 0 Å². The number of fused-ring (bicyclic) bond motifs is 1. The van der Waals surface area contributed by atoms with Crippen LogP contribution in [0.1, 0.15) is 23.5 Å². The summed E-state index contributed by atoms with van der Waals surface area (Å²) < 4.78 is 0. The summed E-state index contributed by atoms with van der Waals surface area (Å²) in [6, 6.07) is 5.79. The Hall–Kier alpha value is -3.12. The lowest BCUT2D eigenvalue weighted by Crippen LogP contribution is -2.31. The molecule has 0 bridgehead atoms. The van der Waals surface area contributed by atoms with Crippen LogP contribution in [0, 0.1) is 22.5 Å². The quantitative estimate of drug-likeness (QED) is 0.284. The first kappa shape index (κ1) is 16.7. The molecule has 1 amide bonds. The number of nitrogens with zero attached hydrogens (tertiary/aromatic N) is 2. The van der Waals surface area contributed by atoms with Crippen LogP contribution in [0.5, 0.6) is 0 Å². The molecule has 3 rings (SSSR count). The highest BCUT2D eigenvalue weighted by Crippen LogP contribution is 2.34. The van der Waals surface area contributed by atoms with Gasteiger partial charge in [0.15, 0.2) is 5.16 Å². The van der Waals surface area contributed by atoms with Gasteiger partial charge in [0.05, 0.1) is 16.2 Å². The maximum atomic E-state index is 12.5. The van der Waals surface area contributed by atoms with E-state index in [4.69, 9.17) is 6.42 Å². The number of rotatable bonds is 4. The summed E-state index contributed by atoms with van der Waals surface area (Å²) in [7, 11) is 0. The van der Waals surface area contributed by atoms with Gasteiger partial charge in [-0.05, 0) is 5.56 Å². The van der Waals surface area contributed by atoms with Crippen LogP contribution in [-0.4, -0.2) is 26.6 Å². The van der Waals surface area contributed by atoms with E-state index in [0.717, 1.165) is 0 Å². The van der Waals surface area contributed by atoms with Crippen LogP contribution in [-0.2, 0) is 4.79 Å². The highest BCUT2D eigenvalue weighted by atomic mass is 32.2. The number of nitro benzene ring substituents is 1. The van der Waals surface area contributed by atoms with E-state index in [9.17, 15) is 19.7 Å². The molecule has 25 heavy (non-hydrogen) atoms. The lowest BCUT2D eigenvalue weighted by molar-refractivity contribution is -0.384. The molecule has 8 nitrogen and oxygen atoms in total. The lowest BCUT2D eigenvalue weighted by Gasteiger charge is -2.24. The molecule has 1 aromatic heterocycles. The number of anilines is 1. The van der Waals surface area contributed by atoms with Gasteiger partial charge in [0.1, 0.15) is 5.82 Å². The second kappa shape index (κ2) is 6.78. The zero-order chi connectivity index (χ0) is 18.0. The Morgan fingerprint density at radius 3 is 2.72 bits per heavy atom. The van der Waals surface area contributed by atoms with Gasteiger partial charge >= 0.3 is 0 Å². The SMILES string of the molecule is C#CCSc1nc2c(c(=O)[nH]1)C(c1ccc([N+](=O)[O-])cc1)CC(=O)N2. The first-order valence-corrected chi connectivity index (χ1v) is 8.23. The molecule has 2 aromatic rings. The van der Waals surface area contributed by atoms with E-state index in [-0.39, 0.29) is 29.4 Å². The Morgan fingerprint density at radius 2 is 2.08 bits per heavy atom. The van der Waals surface area contributed by atoms with E-state index < -0.39 is 10.8 Å². The number of aromatic nitrogens is 2. The molecule has 1 aliphatic heterocycles. The van der Waals surface area contributed by atoms with Gasteiger partial charge in [0.25, 0.3) is 11.2 Å². The predicted octanol–water partition coefficient (Wildman–Crippen LogP) is 1.88. The Kier molecular flexibility index (Phi) is 4.54. The topological polar surface area (TPSA) is 118 Å². The third-order valence-electron chi connectivity index (χ3n) is 3.73. The zero-order valence-electron chi connectivity index (χ0n) is 12.8.